The highest BCUT2D eigenvalue weighted by Crippen LogP contribution is 2.13. The number of nitrogens with two attached hydrogens (primary N) is 1. The zero-order valence-electron chi connectivity index (χ0n) is 9.58. The zero-order valence-corrected chi connectivity index (χ0v) is 9.58. The molecule has 0 unspecified atom stereocenters. The van der Waals surface area contributed by atoms with Crippen LogP contribution in [0.1, 0.15) is 11.6 Å². The average molecular weight is 276 g/mol. The van der Waals surface area contributed by atoms with Crippen LogP contribution >= 0.6 is 0 Å². The monoisotopic (exact) mass is 276 g/mol. The van der Waals surface area contributed by atoms with E-state index in [0.29, 0.717) is 6.54 Å². The normalized spacial score (nSPS) is 11.6. The Morgan fingerprint density at radius 3 is 2.26 bits per heavy atom. The van der Waals surface area contributed by atoms with Gasteiger partial charge in [-0.15, -0.1) is 0 Å². The molecule has 1 aromatic rings. The van der Waals surface area contributed by atoms with E-state index in [1.807, 2.05) is 30.3 Å². The van der Waals surface area contributed by atoms with E-state index < -0.39 is 12.1 Å². The molecule has 1 rings (SSSR count). The maximum atomic E-state index is 10.6. The Morgan fingerprint density at radius 2 is 1.89 bits per heavy atom. The van der Waals surface area contributed by atoms with Crippen LogP contribution in [-0.2, 0) is 4.79 Å². The van der Waals surface area contributed by atoms with Gasteiger partial charge in [-0.05, 0) is 11.1 Å². The van der Waals surface area contributed by atoms with E-state index in [1.54, 1.807) is 0 Å². The van der Waals surface area contributed by atoms with Gasteiger partial charge in [0.2, 0.25) is 0 Å². The van der Waals surface area contributed by atoms with Crippen molar-refractivity contribution in [1.29, 1.82) is 0 Å². The Kier molecular flexibility index (Phi) is 7.02. The molecule has 1 atom stereocenters. The Balaban J connectivity index is 0.000000399. The summed E-state index contributed by atoms with van der Waals surface area (Å²) >= 11 is 0. The quantitative estimate of drug-likeness (QED) is 0.502. The van der Waals surface area contributed by atoms with Crippen molar-refractivity contribution in [2.24, 2.45) is 10.8 Å². The number of carboxylic acids is 1. The first-order chi connectivity index (χ1) is 8.79. The second kappa shape index (κ2) is 7.96. The average Bonchev–Trinajstić information content (AvgIpc) is 2.36. The van der Waals surface area contributed by atoms with Gasteiger partial charge >= 0.3 is 12.1 Å². The van der Waals surface area contributed by atoms with Crippen molar-refractivity contribution in [3.63, 3.8) is 0 Å². The molecule has 0 aromatic heterocycles. The van der Waals surface area contributed by atoms with Gasteiger partial charge < -0.3 is 10.8 Å². The van der Waals surface area contributed by atoms with Crippen LogP contribution in [0.25, 0.3) is 10.4 Å². The predicted molar refractivity (Wildman–Crippen MR) is 61.1 cm³/mol. The molecule has 6 nitrogen and oxygen atoms in total. The van der Waals surface area contributed by atoms with Gasteiger partial charge in [0.05, 0.1) is 0 Å². The molecule has 9 heteroatoms. The van der Waals surface area contributed by atoms with Crippen molar-refractivity contribution in [3.8, 4) is 0 Å². The molecule has 0 fully saturated rings. The molecule has 0 radical (unpaired) electrons. The summed E-state index contributed by atoms with van der Waals surface area (Å²) in [4.78, 5) is 11.5. The lowest BCUT2D eigenvalue weighted by Gasteiger charge is -2.06. The first kappa shape index (κ1) is 16.8. The third-order valence-electron chi connectivity index (χ3n) is 1.81. The second-order valence-electron chi connectivity index (χ2n) is 3.23. The standard InChI is InChI=1S/C8H10N4.C2HF3O2/c9-8(6-11-12-10)7-4-2-1-3-5-7;3-2(4,5)1(6)7/h1-5,8H,6,9H2;(H,6,7)/t8-;/m1./s1. The fourth-order valence-electron chi connectivity index (χ4n) is 0.930. The number of nitrogens with zero attached hydrogens (tertiary/aromatic N) is 3. The van der Waals surface area contributed by atoms with Crippen LogP contribution in [0.2, 0.25) is 0 Å². The summed E-state index contributed by atoms with van der Waals surface area (Å²) in [5, 5.41) is 10.5. The molecule has 104 valence electrons. The number of halogens is 3. The van der Waals surface area contributed by atoms with Crippen molar-refractivity contribution in [2.75, 3.05) is 6.54 Å². The summed E-state index contributed by atoms with van der Waals surface area (Å²) in [5.41, 5.74) is 14.8. The largest absolute Gasteiger partial charge is 0.490 e. The molecule has 19 heavy (non-hydrogen) atoms. The number of alkyl halides is 3. The number of hydrogen-bond acceptors (Lipinski definition) is 3. The van der Waals surface area contributed by atoms with Crippen molar-refractivity contribution < 1.29 is 23.1 Å². The van der Waals surface area contributed by atoms with E-state index in [1.165, 1.54) is 0 Å². The molecule has 0 aliphatic heterocycles. The van der Waals surface area contributed by atoms with Crippen LogP contribution in [0.5, 0.6) is 0 Å². The van der Waals surface area contributed by atoms with Crippen molar-refractivity contribution in [3.05, 3.63) is 46.3 Å². The third-order valence-corrected chi connectivity index (χ3v) is 1.81. The SMILES string of the molecule is O=C(O)C(F)(F)F.[N-]=[N+]=NC[C@@H](N)c1ccccc1. The molecular weight excluding hydrogens is 265 g/mol. The molecule has 0 aliphatic rings. The molecule has 0 spiro atoms. The number of hydrogen-bond donors (Lipinski definition) is 2. The Hall–Kier alpha value is -2.25. The van der Waals surface area contributed by atoms with Crippen LogP contribution < -0.4 is 5.73 Å². The minimum absolute atomic E-state index is 0.193. The van der Waals surface area contributed by atoms with Crippen molar-refractivity contribution in [2.45, 2.75) is 12.2 Å². The number of aliphatic carboxylic acids is 1. The van der Waals surface area contributed by atoms with Crippen molar-refractivity contribution >= 4 is 5.97 Å². The van der Waals surface area contributed by atoms with Crippen LogP contribution in [-0.4, -0.2) is 23.8 Å². The number of rotatable bonds is 3. The highest BCUT2D eigenvalue weighted by atomic mass is 19.4. The van der Waals surface area contributed by atoms with Crippen LogP contribution in [0.4, 0.5) is 13.2 Å². The molecule has 0 amide bonds. The van der Waals surface area contributed by atoms with Gasteiger partial charge in [-0.2, -0.15) is 13.2 Å². The van der Waals surface area contributed by atoms with E-state index in [0.717, 1.165) is 5.56 Å². The lowest BCUT2D eigenvalue weighted by molar-refractivity contribution is -0.192. The second-order valence-corrected chi connectivity index (χ2v) is 3.23. The Labute approximate surface area is 106 Å². The van der Waals surface area contributed by atoms with Crippen LogP contribution in [0.15, 0.2) is 35.4 Å². The molecule has 0 heterocycles. The topological polar surface area (TPSA) is 112 Å². The molecule has 3 N–H and O–H groups in total. The highest BCUT2D eigenvalue weighted by Gasteiger charge is 2.38. The summed E-state index contributed by atoms with van der Waals surface area (Å²) in [5.74, 6) is -2.76. The smallest absolute Gasteiger partial charge is 0.475 e. The zero-order chi connectivity index (χ0) is 14.9. The molecule has 0 bridgehead atoms. The molecular formula is C10H11F3N4O2. The van der Waals surface area contributed by atoms with Gasteiger partial charge in [0.15, 0.2) is 0 Å². The maximum absolute atomic E-state index is 10.6. The fraction of sp³-hybridized carbons (Fsp3) is 0.300. The minimum Gasteiger partial charge on any atom is -0.475 e. The van der Waals surface area contributed by atoms with Crippen molar-refractivity contribution in [1.82, 2.24) is 0 Å². The first-order valence-electron chi connectivity index (χ1n) is 4.90. The minimum atomic E-state index is -5.08. The maximum Gasteiger partial charge on any atom is 0.490 e. The van der Waals surface area contributed by atoms with Gasteiger partial charge in [-0.1, -0.05) is 35.4 Å². The number of carbonyl (C=O) groups is 1. The summed E-state index contributed by atoms with van der Waals surface area (Å²) in [7, 11) is 0. The molecule has 0 aliphatic carbocycles. The van der Waals surface area contributed by atoms with Gasteiger partial charge in [0, 0.05) is 17.5 Å². The van der Waals surface area contributed by atoms with E-state index in [2.05, 4.69) is 10.0 Å². The first-order valence-corrected chi connectivity index (χ1v) is 4.90. The van der Waals surface area contributed by atoms with Gasteiger partial charge in [-0.3, -0.25) is 0 Å². The summed E-state index contributed by atoms with van der Waals surface area (Å²) in [6.45, 7) is 0.306. The van der Waals surface area contributed by atoms with E-state index in [-0.39, 0.29) is 6.04 Å². The Morgan fingerprint density at radius 1 is 1.42 bits per heavy atom. The summed E-state index contributed by atoms with van der Waals surface area (Å²) in [6.07, 6.45) is -5.08. The van der Waals surface area contributed by atoms with E-state index in [9.17, 15) is 13.2 Å². The highest BCUT2D eigenvalue weighted by molar-refractivity contribution is 5.73. The molecule has 1 aromatic carbocycles. The van der Waals surface area contributed by atoms with E-state index in [4.69, 9.17) is 21.2 Å². The number of benzene rings is 1. The fourth-order valence-corrected chi connectivity index (χ4v) is 0.930. The van der Waals surface area contributed by atoms with E-state index >= 15 is 0 Å². The van der Waals surface area contributed by atoms with Gasteiger partial charge in [0.1, 0.15) is 0 Å². The van der Waals surface area contributed by atoms with Crippen LogP contribution in [0.3, 0.4) is 0 Å². The van der Waals surface area contributed by atoms with Crippen LogP contribution in [0, 0.1) is 0 Å². The molecule has 0 saturated carbocycles. The Bertz CT molecular complexity index is 444. The lowest BCUT2D eigenvalue weighted by atomic mass is 10.1. The summed E-state index contributed by atoms with van der Waals surface area (Å²) in [6, 6.07) is 9.37. The van der Waals surface area contributed by atoms with Gasteiger partial charge in [0.25, 0.3) is 0 Å². The third kappa shape index (κ3) is 7.63. The predicted octanol–water partition coefficient (Wildman–Crippen LogP) is 2.63. The number of azide groups is 1. The molecule has 0 saturated heterocycles. The summed E-state index contributed by atoms with van der Waals surface area (Å²) < 4.78 is 31.7. The number of carboxylic acid groups (broad SMARTS) is 1. The lowest BCUT2D eigenvalue weighted by Crippen LogP contribution is -2.21. The van der Waals surface area contributed by atoms with Gasteiger partial charge in [-0.25, -0.2) is 4.79 Å².